The van der Waals surface area contributed by atoms with Crippen molar-refractivity contribution in [2.75, 3.05) is 6.61 Å². The van der Waals surface area contributed by atoms with Gasteiger partial charge < -0.3 is 18.9 Å². The molecule has 5 aromatic rings. The lowest BCUT2D eigenvalue weighted by Crippen LogP contribution is -2.27. The zero-order chi connectivity index (χ0) is 30.8. The summed E-state index contributed by atoms with van der Waals surface area (Å²) >= 11 is 0. The Labute approximate surface area is 261 Å². The van der Waals surface area contributed by atoms with Gasteiger partial charge in [-0.15, -0.1) is 0 Å². The Hall–Kier alpha value is -4.82. The van der Waals surface area contributed by atoms with Gasteiger partial charge in [-0.3, -0.25) is 9.97 Å². The maximum Gasteiger partial charge on any atom is 0.344 e. The minimum atomic E-state index is -0.564. The largest absolute Gasteiger partial charge is 0.489 e. The second kappa shape index (κ2) is 14.6. The number of aromatic nitrogens is 2. The number of benzene rings is 3. The van der Waals surface area contributed by atoms with E-state index in [4.69, 9.17) is 18.9 Å². The number of carbonyl (C=O) groups is 1. The van der Waals surface area contributed by atoms with Crippen LogP contribution in [0.2, 0.25) is 0 Å². The van der Waals surface area contributed by atoms with Gasteiger partial charge in [0.05, 0.1) is 10.9 Å². The van der Waals surface area contributed by atoms with Crippen LogP contribution in [0.25, 0.3) is 0 Å². The summed E-state index contributed by atoms with van der Waals surface area (Å²) in [4.78, 5) is 23.6. The van der Waals surface area contributed by atoms with E-state index in [2.05, 4.69) is 34.2 Å². The molecule has 2 heterocycles. The van der Waals surface area contributed by atoms with Crippen molar-refractivity contribution in [2.24, 2.45) is 0 Å². The highest BCUT2D eigenvalue weighted by Crippen LogP contribution is 2.35. The molecule has 0 N–H and O–H groups in total. The first kappa shape index (κ1) is 30.6. The van der Waals surface area contributed by atoms with E-state index in [1.807, 2.05) is 93.6 Å². The van der Waals surface area contributed by atoms with Gasteiger partial charge in [-0.2, -0.15) is 0 Å². The van der Waals surface area contributed by atoms with E-state index in [1.54, 1.807) is 24.8 Å². The van der Waals surface area contributed by atoms with Crippen LogP contribution in [0.4, 0.5) is 0 Å². The first-order valence-electron chi connectivity index (χ1n) is 14.2. The maximum absolute atomic E-state index is 12.2. The van der Waals surface area contributed by atoms with E-state index in [1.165, 1.54) is 0 Å². The Morgan fingerprint density at radius 2 is 1.11 bits per heavy atom. The predicted octanol–water partition coefficient (Wildman–Crippen LogP) is 7.45. The standard InChI is InChI=1S/C36H35N2O5S/c1-36(2,3)43-35(39)26-42-29-10-12-32(13-11-29)44(33-8-4-6-30(22-33)40-24-27-14-18-37-19-15-27)34-9-5-7-31(23-34)41-25-28-16-20-38-21-17-28/h4-23H,24-26H2,1-3H3/q+1. The van der Waals surface area contributed by atoms with Crippen molar-refractivity contribution in [1.29, 1.82) is 0 Å². The molecule has 5 rings (SSSR count). The fourth-order valence-electron chi connectivity index (χ4n) is 4.27. The average molecular weight is 608 g/mol. The van der Waals surface area contributed by atoms with Gasteiger partial charge in [0.2, 0.25) is 0 Å². The number of pyridine rings is 2. The molecule has 0 radical (unpaired) electrons. The van der Waals surface area contributed by atoms with Gasteiger partial charge in [-0.1, -0.05) is 12.1 Å². The van der Waals surface area contributed by atoms with E-state index in [9.17, 15) is 4.79 Å². The summed E-state index contributed by atoms with van der Waals surface area (Å²) in [7, 11) is -0.493. The molecule has 0 spiro atoms. The molecule has 2 aromatic heterocycles. The Balaban J connectivity index is 1.39. The molecule has 0 saturated heterocycles. The van der Waals surface area contributed by atoms with Crippen molar-refractivity contribution in [3.05, 3.63) is 133 Å². The summed E-state index contributed by atoms with van der Waals surface area (Å²) in [5, 5.41) is 0. The summed E-state index contributed by atoms with van der Waals surface area (Å²) < 4.78 is 23.4. The summed E-state index contributed by atoms with van der Waals surface area (Å²) in [6, 6.07) is 31.9. The third-order valence-corrected chi connectivity index (χ3v) is 8.42. The van der Waals surface area contributed by atoms with Crippen molar-refractivity contribution in [2.45, 2.75) is 54.3 Å². The molecule has 224 valence electrons. The zero-order valence-electron chi connectivity index (χ0n) is 25.0. The monoisotopic (exact) mass is 607 g/mol. The Kier molecular flexibility index (Phi) is 10.1. The van der Waals surface area contributed by atoms with E-state index in [-0.39, 0.29) is 6.61 Å². The molecule has 0 aliphatic heterocycles. The molecule has 7 nitrogen and oxygen atoms in total. The van der Waals surface area contributed by atoms with Crippen LogP contribution in [0.3, 0.4) is 0 Å². The van der Waals surface area contributed by atoms with Crippen molar-refractivity contribution in [3.8, 4) is 17.2 Å². The van der Waals surface area contributed by atoms with Gasteiger partial charge in [0, 0.05) is 36.9 Å². The Bertz CT molecular complexity index is 1550. The fourth-order valence-corrected chi connectivity index (χ4v) is 6.39. The highest BCUT2D eigenvalue weighted by Gasteiger charge is 2.30. The highest BCUT2D eigenvalue weighted by molar-refractivity contribution is 7.97. The topological polar surface area (TPSA) is 79.8 Å². The van der Waals surface area contributed by atoms with Gasteiger partial charge >= 0.3 is 5.97 Å². The van der Waals surface area contributed by atoms with Gasteiger partial charge in [0.1, 0.15) is 36.1 Å². The van der Waals surface area contributed by atoms with Crippen LogP contribution < -0.4 is 14.2 Å². The smallest absolute Gasteiger partial charge is 0.344 e. The number of carbonyl (C=O) groups excluding carboxylic acids is 1. The molecule has 0 aliphatic carbocycles. The van der Waals surface area contributed by atoms with Crippen LogP contribution in [0.1, 0.15) is 31.9 Å². The number of nitrogens with zero attached hydrogens (tertiary/aromatic N) is 2. The number of rotatable bonds is 12. The summed E-state index contributed by atoms with van der Waals surface area (Å²) in [5.74, 6) is 1.74. The normalized spacial score (nSPS) is 11.2. The minimum Gasteiger partial charge on any atom is -0.489 e. The lowest BCUT2D eigenvalue weighted by molar-refractivity contribution is -0.157. The van der Waals surface area contributed by atoms with Gasteiger partial charge in [0.15, 0.2) is 21.3 Å². The van der Waals surface area contributed by atoms with Gasteiger partial charge in [-0.05, 0) is 105 Å². The predicted molar refractivity (Wildman–Crippen MR) is 170 cm³/mol. The fraction of sp³-hybridized carbons (Fsp3) is 0.194. The first-order chi connectivity index (χ1) is 21.3. The molecule has 0 aliphatic rings. The van der Waals surface area contributed by atoms with Crippen molar-refractivity contribution >= 4 is 16.9 Å². The van der Waals surface area contributed by atoms with Crippen LogP contribution in [0.15, 0.2) is 137 Å². The van der Waals surface area contributed by atoms with E-state index in [0.29, 0.717) is 19.0 Å². The number of hydrogen-bond donors (Lipinski definition) is 0. The van der Waals surface area contributed by atoms with Crippen LogP contribution in [-0.2, 0) is 33.6 Å². The maximum atomic E-state index is 12.2. The summed E-state index contributed by atoms with van der Waals surface area (Å²) in [6.45, 7) is 6.23. The van der Waals surface area contributed by atoms with Crippen LogP contribution in [0.5, 0.6) is 17.2 Å². The quantitative estimate of drug-likeness (QED) is 0.108. The van der Waals surface area contributed by atoms with Gasteiger partial charge in [-0.25, -0.2) is 4.79 Å². The molecule has 0 atom stereocenters. The molecule has 0 saturated carbocycles. The summed E-state index contributed by atoms with van der Waals surface area (Å²) in [6.07, 6.45) is 7.04. The lowest BCUT2D eigenvalue weighted by atomic mass is 10.2. The molecule has 8 heteroatoms. The van der Waals surface area contributed by atoms with E-state index >= 15 is 0 Å². The highest BCUT2D eigenvalue weighted by atomic mass is 32.2. The molecule has 0 fully saturated rings. The van der Waals surface area contributed by atoms with Crippen molar-refractivity contribution < 1.29 is 23.7 Å². The number of ether oxygens (including phenoxy) is 4. The van der Waals surface area contributed by atoms with Crippen LogP contribution in [-0.4, -0.2) is 28.1 Å². The lowest BCUT2D eigenvalue weighted by Gasteiger charge is -2.19. The minimum absolute atomic E-state index is 0.157. The second-order valence-electron chi connectivity index (χ2n) is 10.9. The molecular weight excluding hydrogens is 572 g/mol. The first-order valence-corrected chi connectivity index (χ1v) is 15.5. The molecular formula is C36H35N2O5S+. The third-order valence-electron chi connectivity index (χ3n) is 6.23. The van der Waals surface area contributed by atoms with Crippen LogP contribution in [0, 0.1) is 0 Å². The molecule has 44 heavy (non-hydrogen) atoms. The van der Waals surface area contributed by atoms with Gasteiger partial charge in [0.25, 0.3) is 0 Å². The molecule has 3 aromatic carbocycles. The van der Waals surface area contributed by atoms with E-state index in [0.717, 1.165) is 37.3 Å². The van der Waals surface area contributed by atoms with Crippen molar-refractivity contribution in [1.82, 2.24) is 9.97 Å². The average Bonchev–Trinajstić information content (AvgIpc) is 3.03. The van der Waals surface area contributed by atoms with E-state index < -0.39 is 22.5 Å². The molecule has 0 bridgehead atoms. The van der Waals surface area contributed by atoms with Crippen LogP contribution >= 0.6 is 0 Å². The number of hydrogen-bond acceptors (Lipinski definition) is 7. The summed E-state index contributed by atoms with van der Waals surface area (Å²) in [5.41, 5.74) is 1.53. The zero-order valence-corrected chi connectivity index (χ0v) is 25.8. The number of esters is 1. The van der Waals surface area contributed by atoms with Crippen molar-refractivity contribution in [3.63, 3.8) is 0 Å². The molecule has 0 amide bonds. The Morgan fingerprint density at radius 3 is 1.59 bits per heavy atom. The third kappa shape index (κ3) is 9.09. The SMILES string of the molecule is CC(C)(C)OC(=O)COc1ccc([S+](c2cccc(OCc3ccncc3)c2)c2cccc(OCc3ccncc3)c2)cc1. The second-order valence-corrected chi connectivity index (χ2v) is 12.9. The Morgan fingerprint density at radius 1 is 0.614 bits per heavy atom. The molecule has 0 unspecified atom stereocenters.